The summed E-state index contributed by atoms with van der Waals surface area (Å²) in [5, 5.41) is 9.92. The third-order valence-electron chi connectivity index (χ3n) is 2.84. The lowest BCUT2D eigenvalue weighted by Crippen LogP contribution is -2.03. The van der Waals surface area contributed by atoms with E-state index in [1.807, 2.05) is 6.92 Å². The van der Waals surface area contributed by atoms with Crippen LogP contribution in [0.25, 0.3) is 11.3 Å². The minimum atomic E-state index is -0.873. The van der Waals surface area contributed by atoms with Crippen molar-refractivity contribution in [3.63, 3.8) is 0 Å². The third kappa shape index (κ3) is 3.06. The number of carbonyl (C=O) groups is 1. The normalized spacial score (nSPS) is 10.5. The molecule has 0 amide bonds. The molecular weight excluding hydrogens is 285 g/mol. The molecule has 1 heterocycles. The van der Waals surface area contributed by atoms with Gasteiger partial charge in [0.25, 0.3) is 0 Å². The molecule has 98 valence electrons. The van der Waals surface area contributed by atoms with Gasteiger partial charge in [0, 0.05) is 16.8 Å². The number of nitrogens with zero attached hydrogens (tertiary/aromatic N) is 1. The zero-order valence-electron chi connectivity index (χ0n) is 10.2. The van der Waals surface area contributed by atoms with Gasteiger partial charge >= 0.3 is 5.97 Å². The molecule has 2 rings (SSSR count). The molecule has 1 aromatic heterocycles. The van der Waals surface area contributed by atoms with Crippen molar-refractivity contribution in [2.24, 2.45) is 0 Å². The Morgan fingerprint density at radius 1 is 1.32 bits per heavy atom. The average Bonchev–Trinajstić information content (AvgIpc) is 2.32. The fourth-order valence-corrected chi connectivity index (χ4v) is 2.38. The lowest BCUT2D eigenvalue weighted by molar-refractivity contribution is -0.136. The predicted molar refractivity (Wildman–Crippen MR) is 75.8 cm³/mol. The summed E-state index contributed by atoms with van der Waals surface area (Å²) in [5.41, 5.74) is 2.97. The number of carboxylic acids is 1. The lowest BCUT2D eigenvalue weighted by Gasteiger charge is -2.10. The second-order valence-corrected chi connectivity index (χ2v) is 4.98. The monoisotopic (exact) mass is 295 g/mol. The van der Waals surface area contributed by atoms with E-state index in [2.05, 4.69) is 4.98 Å². The molecule has 19 heavy (non-hydrogen) atoms. The van der Waals surface area contributed by atoms with Gasteiger partial charge in [-0.25, -0.2) is 0 Å². The Hall–Kier alpha value is -1.58. The molecule has 1 N–H and O–H groups in total. The van der Waals surface area contributed by atoms with Gasteiger partial charge in [-0.05, 0) is 42.3 Å². The van der Waals surface area contributed by atoms with E-state index in [1.165, 1.54) is 0 Å². The number of aromatic nitrogens is 1. The van der Waals surface area contributed by atoms with Gasteiger partial charge in [-0.3, -0.25) is 9.78 Å². The molecule has 1 aromatic carbocycles. The molecule has 0 aliphatic carbocycles. The van der Waals surface area contributed by atoms with Crippen LogP contribution < -0.4 is 0 Å². The Labute approximate surface area is 120 Å². The Morgan fingerprint density at radius 2 is 2.05 bits per heavy atom. The number of pyridine rings is 1. The van der Waals surface area contributed by atoms with Crippen LogP contribution in [0, 0.1) is 6.92 Å². The van der Waals surface area contributed by atoms with Crippen LogP contribution in [0.15, 0.2) is 30.5 Å². The zero-order valence-corrected chi connectivity index (χ0v) is 11.7. The largest absolute Gasteiger partial charge is 0.481 e. The molecule has 3 nitrogen and oxygen atoms in total. The van der Waals surface area contributed by atoms with Crippen molar-refractivity contribution >= 4 is 29.2 Å². The van der Waals surface area contributed by atoms with E-state index in [1.54, 1.807) is 30.5 Å². The van der Waals surface area contributed by atoms with E-state index in [-0.39, 0.29) is 6.42 Å². The average molecular weight is 296 g/mol. The maximum Gasteiger partial charge on any atom is 0.307 e. The summed E-state index contributed by atoms with van der Waals surface area (Å²) in [5.74, 6) is -0.873. The smallest absolute Gasteiger partial charge is 0.307 e. The van der Waals surface area contributed by atoms with Gasteiger partial charge < -0.3 is 5.11 Å². The van der Waals surface area contributed by atoms with Gasteiger partial charge in [-0.1, -0.05) is 23.2 Å². The lowest BCUT2D eigenvalue weighted by atomic mass is 10.0. The fourth-order valence-electron chi connectivity index (χ4n) is 1.88. The highest BCUT2D eigenvalue weighted by Gasteiger charge is 2.12. The van der Waals surface area contributed by atoms with Crippen LogP contribution in [0.5, 0.6) is 0 Å². The number of hydrogen-bond donors (Lipinski definition) is 1. The minimum absolute atomic E-state index is 0.0352. The van der Waals surface area contributed by atoms with Crippen LogP contribution in [0.2, 0.25) is 10.0 Å². The van der Waals surface area contributed by atoms with Gasteiger partial charge in [0.05, 0.1) is 17.1 Å². The molecule has 0 saturated carbocycles. The highest BCUT2D eigenvalue weighted by atomic mass is 35.5. The molecule has 0 aliphatic heterocycles. The zero-order chi connectivity index (χ0) is 14.0. The topological polar surface area (TPSA) is 50.2 Å². The standard InChI is InChI=1S/C14H11Cl2NO2/c1-8-9(6-13(18)19)4-5-17-14(8)11-3-2-10(15)7-12(11)16/h2-5,7H,6H2,1H3,(H,18,19). The SMILES string of the molecule is Cc1c(CC(=O)O)ccnc1-c1ccc(Cl)cc1Cl. The first-order valence-corrected chi connectivity index (χ1v) is 6.36. The number of halogens is 2. The predicted octanol–water partition coefficient (Wildman–Crippen LogP) is 3.99. The quantitative estimate of drug-likeness (QED) is 0.931. The minimum Gasteiger partial charge on any atom is -0.481 e. The van der Waals surface area contributed by atoms with Crippen molar-refractivity contribution in [1.29, 1.82) is 0 Å². The number of benzene rings is 1. The highest BCUT2D eigenvalue weighted by molar-refractivity contribution is 6.36. The molecule has 0 unspecified atom stereocenters. The molecular formula is C14H11Cl2NO2. The molecule has 5 heteroatoms. The second-order valence-electron chi connectivity index (χ2n) is 4.14. The summed E-state index contributed by atoms with van der Waals surface area (Å²) in [6.07, 6.45) is 1.55. The van der Waals surface area contributed by atoms with E-state index < -0.39 is 5.97 Å². The van der Waals surface area contributed by atoms with E-state index >= 15 is 0 Å². The number of carboxylic acid groups (broad SMARTS) is 1. The molecule has 0 radical (unpaired) electrons. The van der Waals surface area contributed by atoms with Crippen molar-refractivity contribution in [3.05, 3.63) is 51.6 Å². The highest BCUT2D eigenvalue weighted by Crippen LogP contribution is 2.31. The van der Waals surface area contributed by atoms with Crippen molar-refractivity contribution < 1.29 is 9.90 Å². The Kier molecular flexibility index (Phi) is 4.08. The Morgan fingerprint density at radius 3 is 2.68 bits per heavy atom. The maximum atomic E-state index is 10.8. The third-order valence-corrected chi connectivity index (χ3v) is 3.39. The van der Waals surface area contributed by atoms with E-state index in [0.717, 1.165) is 16.7 Å². The summed E-state index contributed by atoms with van der Waals surface area (Å²) in [6.45, 7) is 1.84. The first-order chi connectivity index (χ1) is 8.99. The van der Waals surface area contributed by atoms with E-state index in [0.29, 0.717) is 15.7 Å². The van der Waals surface area contributed by atoms with Crippen molar-refractivity contribution in [2.75, 3.05) is 0 Å². The summed E-state index contributed by atoms with van der Waals surface area (Å²) in [6, 6.07) is 6.86. The first kappa shape index (κ1) is 13.8. The Balaban J connectivity index is 2.53. The second kappa shape index (κ2) is 5.59. The first-order valence-electron chi connectivity index (χ1n) is 5.60. The van der Waals surface area contributed by atoms with Gasteiger partial charge in [0.1, 0.15) is 0 Å². The van der Waals surface area contributed by atoms with Crippen LogP contribution in [-0.2, 0) is 11.2 Å². The summed E-state index contributed by atoms with van der Waals surface area (Å²) >= 11 is 12.0. The molecule has 0 bridgehead atoms. The summed E-state index contributed by atoms with van der Waals surface area (Å²) < 4.78 is 0. The maximum absolute atomic E-state index is 10.8. The summed E-state index contributed by atoms with van der Waals surface area (Å²) in [4.78, 5) is 15.1. The fraction of sp³-hybridized carbons (Fsp3) is 0.143. The van der Waals surface area contributed by atoms with E-state index in [4.69, 9.17) is 28.3 Å². The van der Waals surface area contributed by atoms with Crippen LogP contribution in [0.4, 0.5) is 0 Å². The van der Waals surface area contributed by atoms with Crippen LogP contribution in [0.3, 0.4) is 0 Å². The molecule has 2 aromatic rings. The van der Waals surface area contributed by atoms with Crippen LogP contribution in [0.1, 0.15) is 11.1 Å². The van der Waals surface area contributed by atoms with Crippen molar-refractivity contribution in [2.45, 2.75) is 13.3 Å². The number of aliphatic carboxylic acids is 1. The molecule has 0 fully saturated rings. The molecule has 0 aliphatic rings. The van der Waals surface area contributed by atoms with Crippen LogP contribution in [-0.4, -0.2) is 16.1 Å². The van der Waals surface area contributed by atoms with Crippen LogP contribution >= 0.6 is 23.2 Å². The Bertz CT molecular complexity index is 641. The van der Waals surface area contributed by atoms with Gasteiger partial charge in [-0.15, -0.1) is 0 Å². The molecule has 0 atom stereocenters. The molecule has 0 saturated heterocycles. The molecule has 0 spiro atoms. The van der Waals surface area contributed by atoms with Gasteiger partial charge in [-0.2, -0.15) is 0 Å². The van der Waals surface area contributed by atoms with Crippen molar-refractivity contribution in [3.8, 4) is 11.3 Å². The number of rotatable bonds is 3. The van der Waals surface area contributed by atoms with E-state index in [9.17, 15) is 4.79 Å². The van der Waals surface area contributed by atoms with Crippen molar-refractivity contribution in [1.82, 2.24) is 4.98 Å². The number of hydrogen-bond acceptors (Lipinski definition) is 2. The van der Waals surface area contributed by atoms with Gasteiger partial charge in [0.15, 0.2) is 0 Å². The summed E-state index contributed by atoms with van der Waals surface area (Å²) in [7, 11) is 0. The van der Waals surface area contributed by atoms with Gasteiger partial charge in [0.2, 0.25) is 0 Å².